The molecule has 0 spiro atoms. The van der Waals surface area contributed by atoms with E-state index in [1.54, 1.807) is 17.3 Å². The first-order chi connectivity index (χ1) is 18.6. The van der Waals surface area contributed by atoms with E-state index >= 15 is 0 Å². The van der Waals surface area contributed by atoms with Gasteiger partial charge in [0, 0.05) is 47.6 Å². The van der Waals surface area contributed by atoms with Crippen LogP contribution in [0.1, 0.15) is 60.4 Å². The fourth-order valence-corrected chi connectivity index (χ4v) is 5.59. The highest BCUT2D eigenvalue weighted by atomic mass is 16.2. The van der Waals surface area contributed by atoms with E-state index in [2.05, 4.69) is 40.4 Å². The van der Waals surface area contributed by atoms with Crippen LogP contribution < -0.4 is 5.32 Å². The average Bonchev–Trinajstić information content (AvgIpc) is 3.34. The summed E-state index contributed by atoms with van der Waals surface area (Å²) < 4.78 is 0. The number of aryl methyl sites for hydroxylation is 1. The highest BCUT2D eigenvalue weighted by Gasteiger charge is 2.33. The third-order valence-electron chi connectivity index (χ3n) is 7.57. The van der Waals surface area contributed by atoms with Gasteiger partial charge in [0.15, 0.2) is 0 Å². The molecule has 1 aliphatic carbocycles. The van der Waals surface area contributed by atoms with E-state index in [1.165, 1.54) is 12.0 Å². The molecule has 2 heterocycles. The Hall–Kier alpha value is -3.93. The minimum absolute atomic E-state index is 0.0740. The van der Waals surface area contributed by atoms with Crippen LogP contribution >= 0.6 is 0 Å². The molecule has 1 aliphatic rings. The second kappa shape index (κ2) is 12.1. The number of H-pyrrole nitrogens is 1. The lowest BCUT2D eigenvalue weighted by Gasteiger charge is -2.33. The Balaban J connectivity index is 1.46. The van der Waals surface area contributed by atoms with Gasteiger partial charge in [0.25, 0.3) is 0 Å². The number of carbonyl (C=O) groups is 2. The molecule has 6 nitrogen and oxygen atoms in total. The van der Waals surface area contributed by atoms with E-state index in [1.807, 2.05) is 48.7 Å². The number of nitrogens with one attached hydrogen (secondary N) is 2. The quantitative estimate of drug-likeness (QED) is 0.306. The number of benzene rings is 2. The Morgan fingerprint density at radius 1 is 1.05 bits per heavy atom. The minimum Gasteiger partial charge on any atom is -0.361 e. The zero-order chi connectivity index (χ0) is 26.3. The first-order valence-electron chi connectivity index (χ1n) is 13.7. The maximum Gasteiger partial charge on any atom is 0.247 e. The lowest BCUT2D eigenvalue weighted by molar-refractivity contribution is -0.140. The van der Waals surface area contributed by atoms with Crippen LogP contribution in [0, 0.1) is 6.92 Å². The van der Waals surface area contributed by atoms with Crippen molar-refractivity contribution >= 4 is 22.7 Å². The van der Waals surface area contributed by atoms with Crippen molar-refractivity contribution in [2.75, 3.05) is 6.54 Å². The number of aromatic nitrogens is 2. The van der Waals surface area contributed by atoms with E-state index in [4.69, 9.17) is 0 Å². The molecule has 0 aliphatic heterocycles. The van der Waals surface area contributed by atoms with Crippen LogP contribution in [0.25, 0.3) is 10.9 Å². The lowest BCUT2D eigenvalue weighted by Crippen LogP contribution is -2.48. The van der Waals surface area contributed by atoms with Gasteiger partial charge in [-0.15, -0.1) is 0 Å². The van der Waals surface area contributed by atoms with E-state index in [-0.39, 0.29) is 24.3 Å². The van der Waals surface area contributed by atoms with E-state index in [9.17, 15) is 9.59 Å². The summed E-state index contributed by atoms with van der Waals surface area (Å²) in [6.07, 6.45) is 11.6. The Kier molecular flexibility index (Phi) is 8.17. The van der Waals surface area contributed by atoms with E-state index in [0.29, 0.717) is 13.0 Å². The molecule has 0 bridgehead atoms. The third kappa shape index (κ3) is 6.13. The predicted molar refractivity (Wildman–Crippen MR) is 151 cm³/mol. The highest BCUT2D eigenvalue weighted by Crippen LogP contribution is 2.26. The fraction of sp³-hybridized carbons (Fsp3) is 0.344. The molecular weight excluding hydrogens is 472 g/mol. The predicted octanol–water partition coefficient (Wildman–Crippen LogP) is 5.68. The number of carbonyl (C=O) groups excluding carboxylic acids is 2. The number of hydrogen-bond acceptors (Lipinski definition) is 3. The second-order valence-corrected chi connectivity index (χ2v) is 10.4. The largest absolute Gasteiger partial charge is 0.361 e. The summed E-state index contributed by atoms with van der Waals surface area (Å²) in [5.74, 6) is -0.198. The topological polar surface area (TPSA) is 78.1 Å². The molecule has 6 heteroatoms. The van der Waals surface area contributed by atoms with Crippen LogP contribution in [-0.4, -0.2) is 39.3 Å². The van der Waals surface area contributed by atoms with Crippen molar-refractivity contribution in [3.63, 3.8) is 0 Å². The number of hydrogen-bond donors (Lipinski definition) is 2. The number of para-hydroxylation sites is 1. The van der Waals surface area contributed by atoms with Crippen LogP contribution in [0.5, 0.6) is 0 Å². The van der Waals surface area contributed by atoms with Crippen molar-refractivity contribution in [2.45, 2.75) is 64.0 Å². The Morgan fingerprint density at radius 3 is 2.68 bits per heavy atom. The normalized spacial score (nSPS) is 14.8. The summed E-state index contributed by atoms with van der Waals surface area (Å²) >= 11 is 0. The first kappa shape index (κ1) is 25.7. The van der Waals surface area contributed by atoms with Gasteiger partial charge >= 0.3 is 0 Å². The number of rotatable bonds is 9. The molecule has 2 N–H and O–H groups in total. The van der Waals surface area contributed by atoms with Crippen molar-refractivity contribution in [1.29, 1.82) is 0 Å². The molecule has 5 rings (SSSR count). The van der Waals surface area contributed by atoms with Gasteiger partial charge in [-0.25, -0.2) is 0 Å². The van der Waals surface area contributed by atoms with Crippen LogP contribution in [0.3, 0.4) is 0 Å². The van der Waals surface area contributed by atoms with Crippen molar-refractivity contribution in [3.05, 3.63) is 102 Å². The smallest absolute Gasteiger partial charge is 0.247 e. The maximum absolute atomic E-state index is 14.1. The molecule has 2 amide bonds. The summed E-state index contributed by atoms with van der Waals surface area (Å²) in [4.78, 5) is 37.3. The van der Waals surface area contributed by atoms with Crippen LogP contribution in [0.15, 0.2) is 79.3 Å². The van der Waals surface area contributed by atoms with Gasteiger partial charge in [-0.1, -0.05) is 73.4 Å². The fourth-order valence-electron chi connectivity index (χ4n) is 5.59. The second-order valence-electron chi connectivity index (χ2n) is 10.4. The highest BCUT2D eigenvalue weighted by molar-refractivity contribution is 5.92. The van der Waals surface area contributed by atoms with Crippen LogP contribution in [0.2, 0.25) is 0 Å². The Morgan fingerprint density at radius 2 is 1.89 bits per heavy atom. The molecule has 0 radical (unpaired) electrons. The molecule has 38 heavy (non-hydrogen) atoms. The summed E-state index contributed by atoms with van der Waals surface area (Å²) in [5.41, 5.74) is 4.99. The van der Waals surface area contributed by atoms with Gasteiger partial charge in [0.2, 0.25) is 11.8 Å². The SMILES string of the molecule is Cc1cccc(CCN(C(=O)Cc2c[nH]c3ccccc23)C(C(=O)NC2CCCCC2)c2cccnc2)c1. The van der Waals surface area contributed by atoms with Crippen molar-refractivity contribution < 1.29 is 9.59 Å². The standard InChI is InChI=1S/C32H36N4O2/c1-23-9-7-10-24(19-23)16-18-36(30(37)20-26-22-34-29-15-6-5-14-28(26)29)31(25-11-8-17-33-21-25)32(38)35-27-12-3-2-4-13-27/h5-11,14-15,17,19,21-22,27,31,34H,2-4,12-13,16,18,20H2,1H3,(H,35,38). The summed E-state index contributed by atoms with van der Waals surface area (Å²) in [6.45, 7) is 2.50. The molecule has 0 saturated heterocycles. The average molecular weight is 509 g/mol. The molecule has 1 atom stereocenters. The Bertz CT molecular complexity index is 1370. The molecule has 2 aromatic carbocycles. The number of fused-ring (bicyclic) bond motifs is 1. The van der Waals surface area contributed by atoms with Crippen molar-refractivity contribution in [1.82, 2.24) is 20.2 Å². The number of pyridine rings is 1. The summed E-state index contributed by atoms with van der Waals surface area (Å²) in [5, 5.41) is 4.31. The summed E-state index contributed by atoms with van der Waals surface area (Å²) in [6, 6.07) is 19.5. The molecule has 1 fully saturated rings. The number of amides is 2. The Labute approximate surface area is 224 Å². The van der Waals surface area contributed by atoms with Crippen molar-refractivity contribution in [3.8, 4) is 0 Å². The lowest BCUT2D eigenvalue weighted by atomic mass is 9.94. The van der Waals surface area contributed by atoms with Gasteiger partial charge in [-0.2, -0.15) is 0 Å². The summed E-state index contributed by atoms with van der Waals surface area (Å²) in [7, 11) is 0. The third-order valence-corrected chi connectivity index (χ3v) is 7.57. The molecule has 4 aromatic rings. The monoisotopic (exact) mass is 508 g/mol. The first-order valence-corrected chi connectivity index (χ1v) is 13.7. The van der Waals surface area contributed by atoms with Crippen molar-refractivity contribution in [2.24, 2.45) is 0 Å². The van der Waals surface area contributed by atoms with Gasteiger partial charge in [-0.3, -0.25) is 14.6 Å². The van der Waals surface area contributed by atoms with E-state index in [0.717, 1.165) is 53.3 Å². The zero-order valence-electron chi connectivity index (χ0n) is 22.0. The minimum atomic E-state index is -0.742. The van der Waals surface area contributed by atoms with Gasteiger partial charge in [0.1, 0.15) is 6.04 Å². The van der Waals surface area contributed by atoms with E-state index < -0.39 is 6.04 Å². The maximum atomic E-state index is 14.1. The van der Waals surface area contributed by atoms with Crippen LogP contribution in [0.4, 0.5) is 0 Å². The molecule has 1 saturated carbocycles. The molecule has 196 valence electrons. The van der Waals surface area contributed by atoms with Crippen LogP contribution in [-0.2, 0) is 22.4 Å². The van der Waals surface area contributed by atoms with Gasteiger partial charge in [0.05, 0.1) is 6.42 Å². The zero-order valence-corrected chi connectivity index (χ0v) is 22.0. The number of aromatic amines is 1. The van der Waals surface area contributed by atoms with Gasteiger partial charge in [-0.05, 0) is 49.4 Å². The van der Waals surface area contributed by atoms with Gasteiger partial charge < -0.3 is 15.2 Å². The number of nitrogens with zero attached hydrogens (tertiary/aromatic N) is 2. The molecule has 2 aromatic heterocycles. The molecule has 1 unspecified atom stereocenters. The molecular formula is C32H36N4O2.